The van der Waals surface area contributed by atoms with Crippen LogP contribution in [0.5, 0.6) is 0 Å². The Bertz CT molecular complexity index is 604. The highest BCUT2D eigenvalue weighted by Crippen LogP contribution is 2.37. The fraction of sp³-hybridized carbons (Fsp3) is 0.438. The van der Waals surface area contributed by atoms with Crippen LogP contribution in [0.2, 0.25) is 5.02 Å². The minimum absolute atomic E-state index is 0.253. The Morgan fingerprint density at radius 1 is 1.33 bits per heavy atom. The van der Waals surface area contributed by atoms with Crippen LogP contribution >= 0.6 is 11.6 Å². The summed E-state index contributed by atoms with van der Waals surface area (Å²) in [5.41, 5.74) is 7.89. The van der Waals surface area contributed by atoms with E-state index in [0.29, 0.717) is 5.02 Å². The van der Waals surface area contributed by atoms with Crippen LogP contribution in [-0.4, -0.2) is 9.78 Å². The Balaban J connectivity index is 2.40. The lowest BCUT2D eigenvalue weighted by molar-refractivity contribution is 0.390. The molecule has 0 saturated heterocycles. The smallest absolute Gasteiger partial charge is 0.123 e. The van der Waals surface area contributed by atoms with Gasteiger partial charge in [-0.05, 0) is 24.1 Å². The van der Waals surface area contributed by atoms with Crippen molar-refractivity contribution in [2.24, 2.45) is 5.73 Å². The SMILES string of the molecule is CCCn1ncc(Cl)c1C(N)C(C)(C)c1ccc(F)cc1. The van der Waals surface area contributed by atoms with Gasteiger partial charge in [-0.25, -0.2) is 4.39 Å². The van der Waals surface area contributed by atoms with Crippen LogP contribution in [0.25, 0.3) is 0 Å². The normalized spacial score (nSPS) is 13.4. The molecule has 0 amide bonds. The van der Waals surface area contributed by atoms with Gasteiger partial charge in [0.05, 0.1) is 23.0 Å². The predicted octanol–water partition coefficient (Wildman–Crippen LogP) is 4.06. The molecular weight excluding hydrogens is 289 g/mol. The van der Waals surface area contributed by atoms with Crippen molar-refractivity contribution in [2.75, 3.05) is 0 Å². The summed E-state index contributed by atoms with van der Waals surface area (Å²) in [5.74, 6) is -0.253. The number of hydrogen-bond donors (Lipinski definition) is 1. The van der Waals surface area contributed by atoms with Crippen molar-refractivity contribution in [1.82, 2.24) is 9.78 Å². The molecule has 2 rings (SSSR count). The molecule has 5 heteroatoms. The molecule has 0 spiro atoms. The highest BCUT2D eigenvalue weighted by Gasteiger charge is 2.33. The van der Waals surface area contributed by atoms with Crippen molar-refractivity contribution in [2.45, 2.75) is 45.2 Å². The van der Waals surface area contributed by atoms with Crippen molar-refractivity contribution in [1.29, 1.82) is 0 Å². The summed E-state index contributed by atoms with van der Waals surface area (Å²) in [6, 6.07) is 6.11. The molecule has 0 bridgehead atoms. The van der Waals surface area contributed by atoms with Gasteiger partial charge in [-0.3, -0.25) is 4.68 Å². The number of nitrogens with zero attached hydrogens (tertiary/aromatic N) is 2. The van der Waals surface area contributed by atoms with E-state index in [-0.39, 0.29) is 17.3 Å². The van der Waals surface area contributed by atoms with Crippen LogP contribution in [-0.2, 0) is 12.0 Å². The molecule has 2 N–H and O–H groups in total. The number of aromatic nitrogens is 2. The van der Waals surface area contributed by atoms with Crippen molar-refractivity contribution < 1.29 is 4.39 Å². The summed E-state index contributed by atoms with van der Waals surface area (Å²) in [5, 5.41) is 4.87. The number of nitrogens with two attached hydrogens (primary N) is 1. The highest BCUT2D eigenvalue weighted by molar-refractivity contribution is 6.31. The maximum atomic E-state index is 13.1. The summed E-state index contributed by atoms with van der Waals surface area (Å²) in [6.07, 6.45) is 2.59. The van der Waals surface area contributed by atoms with Crippen molar-refractivity contribution in [3.63, 3.8) is 0 Å². The molecule has 1 aromatic heterocycles. The molecule has 0 saturated carbocycles. The lowest BCUT2D eigenvalue weighted by atomic mass is 9.77. The van der Waals surface area contributed by atoms with Crippen molar-refractivity contribution in [3.8, 4) is 0 Å². The molecule has 1 aromatic carbocycles. The van der Waals surface area contributed by atoms with Gasteiger partial charge < -0.3 is 5.73 Å². The number of aryl methyl sites for hydroxylation is 1. The van der Waals surface area contributed by atoms with Crippen LogP contribution in [0, 0.1) is 5.82 Å². The first-order valence-corrected chi connectivity index (χ1v) is 7.48. The molecule has 1 unspecified atom stereocenters. The standard InChI is InChI=1S/C16H21ClFN3/c1-4-9-21-14(13(17)10-20-21)15(19)16(2,3)11-5-7-12(18)8-6-11/h5-8,10,15H,4,9,19H2,1-3H3. The maximum Gasteiger partial charge on any atom is 0.123 e. The third kappa shape index (κ3) is 3.11. The number of halogens is 2. The molecule has 0 radical (unpaired) electrons. The van der Waals surface area contributed by atoms with Gasteiger partial charge in [0.25, 0.3) is 0 Å². The van der Waals surface area contributed by atoms with Crippen LogP contribution in [0.15, 0.2) is 30.5 Å². The Kier molecular flexibility index (Phi) is 4.69. The minimum Gasteiger partial charge on any atom is -0.322 e. The molecule has 1 atom stereocenters. The Morgan fingerprint density at radius 3 is 2.52 bits per heavy atom. The van der Waals surface area contributed by atoms with Crippen LogP contribution < -0.4 is 5.73 Å². The third-order valence-electron chi connectivity index (χ3n) is 3.93. The molecule has 0 aliphatic carbocycles. The summed E-state index contributed by atoms with van der Waals surface area (Å²) in [4.78, 5) is 0. The molecule has 0 aliphatic heterocycles. The first-order chi connectivity index (χ1) is 9.87. The van der Waals surface area contributed by atoms with Gasteiger partial charge in [0.2, 0.25) is 0 Å². The molecule has 0 aliphatic rings. The maximum absolute atomic E-state index is 13.1. The van der Waals surface area contributed by atoms with E-state index in [2.05, 4.69) is 12.0 Å². The second-order valence-corrected chi connectivity index (χ2v) is 6.21. The van der Waals surface area contributed by atoms with E-state index < -0.39 is 0 Å². The van der Waals surface area contributed by atoms with Gasteiger partial charge in [0.1, 0.15) is 5.82 Å². The Hall–Kier alpha value is -1.39. The van der Waals surface area contributed by atoms with E-state index in [9.17, 15) is 4.39 Å². The zero-order chi connectivity index (χ0) is 15.6. The number of benzene rings is 1. The lowest BCUT2D eigenvalue weighted by Crippen LogP contribution is -2.35. The lowest BCUT2D eigenvalue weighted by Gasteiger charge is -2.33. The largest absolute Gasteiger partial charge is 0.322 e. The van der Waals surface area contributed by atoms with E-state index in [1.807, 2.05) is 18.5 Å². The van der Waals surface area contributed by atoms with E-state index in [1.165, 1.54) is 12.1 Å². The summed E-state index contributed by atoms with van der Waals surface area (Å²) < 4.78 is 15.0. The molecule has 1 heterocycles. The van der Waals surface area contributed by atoms with Gasteiger partial charge in [-0.2, -0.15) is 5.10 Å². The predicted molar refractivity (Wildman–Crippen MR) is 83.9 cm³/mol. The molecule has 3 nitrogen and oxygen atoms in total. The van der Waals surface area contributed by atoms with Gasteiger partial charge in [0.15, 0.2) is 0 Å². The van der Waals surface area contributed by atoms with Crippen molar-refractivity contribution in [3.05, 3.63) is 52.6 Å². The average Bonchev–Trinajstić information content (AvgIpc) is 2.80. The Labute approximate surface area is 129 Å². The molecule has 0 fully saturated rings. The fourth-order valence-corrected chi connectivity index (χ4v) is 2.73. The summed E-state index contributed by atoms with van der Waals surface area (Å²) >= 11 is 6.27. The third-order valence-corrected chi connectivity index (χ3v) is 4.22. The first kappa shape index (κ1) is 16.0. The molecule has 21 heavy (non-hydrogen) atoms. The van der Waals surface area contributed by atoms with E-state index in [4.69, 9.17) is 17.3 Å². The molecule has 2 aromatic rings. The second kappa shape index (κ2) is 6.16. The van der Waals surface area contributed by atoms with Gasteiger partial charge in [-0.15, -0.1) is 0 Å². The first-order valence-electron chi connectivity index (χ1n) is 7.10. The van der Waals surface area contributed by atoms with Gasteiger partial charge >= 0.3 is 0 Å². The van der Waals surface area contributed by atoms with Gasteiger partial charge in [0, 0.05) is 12.0 Å². The van der Waals surface area contributed by atoms with Gasteiger partial charge in [-0.1, -0.05) is 44.5 Å². The quantitative estimate of drug-likeness (QED) is 0.905. The van der Waals surface area contributed by atoms with E-state index >= 15 is 0 Å². The number of hydrogen-bond acceptors (Lipinski definition) is 2. The van der Waals surface area contributed by atoms with E-state index in [0.717, 1.165) is 24.2 Å². The fourth-order valence-electron chi connectivity index (χ4n) is 2.47. The zero-order valence-electron chi connectivity index (χ0n) is 12.6. The van der Waals surface area contributed by atoms with Crippen LogP contribution in [0.3, 0.4) is 0 Å². The second-order valence-electron chi connectivity index (χ2n) is 5.81. The van der Waals surface area contributed by atoms with Crippen LogP contribution in [0.4, 0.5) is 4.39 Å². The minimum atomic E-state index is -0.386. The average molecular weight is 310 g/mol. The Morgan fingerprint density at radius 2 is 1.95 bits per heavy atom. The summed E-state index contributed by atoms with van der Waals surface area (Å²) in [7, 11) is 0. The molecular formula is C16H21ClFN3. The highest BCUT2D eigenvalue weighted by atomic mass is 35.5. The van der Waals surface area contributed by atoms with Crippen LogP contribution in [0.1, 0.15) is 44.5 Å². The molecule has 114 valence electrons. The topological polar surface area (TPSA) is 43.8 Å². The zero-order valence-corrected chi connectivity index (χ0v) is 13.4. The summed E-state index contributed by atoms with van der Waals surface area (Å²) in [6.45, 7) is 6.92. The monoisotopic (exact) mass is 309 g/mol. The number of rotatable bonds is 5. The van der Waals surface area contributed by atoms with Crippen molar-refractivity contribution >= 4 is 11.6 Å². The van der Waals surface area contributed by atoms with E-state index in [1.54, 1.807) is 18.3 Å².